The van der Waals surface area contributed by atoms with E-state index in [1.165, 1.54) is 21.1 Å². The predicted molar refractivity (Wildman–Crippen MR) is 95.3 cm³/mol. The summed E-state index contributed by atoms with van der Waals surface area (Å²) in [5.41, 5.74) is 2.41. The third kappa shape index (κ3) is 3.59. The summed E-state index contributed by atoms with van der Waals surface area (Å²) in [6.07, 6.45) is 0. The molecule has 1 unspecified atom stereocenters. The zero-order chi connectivity index (χ0) is 16.4. The minimum atomic E-state index is 0.353. The fourth-order valence-corrected chi connectivity index (χ4v) is 4.01. The van der Waals surface area contributed by atoms with Gasteiger partial charge in [0.15, 0.2) is 0 Å². The highest BCUT2D eigenvalue weighted by atomic mass is 32.1. The van der Waals surface area contributed by atoms with Crippen molar-refractivity contribution in [2.45, 2.75) is 33.4 Å². The van der Waals surface area contributed by atoms with Gasteiger partial charge in [0, 0.05) is 48.0 Å². The molecule has 1 saturated heterocycles. The van der Waals surface area contributed by atoms with Gasteiger partial charge in [0.25, 0.3) is 0 Å². The third-order valence-corrected chi connectivity index (χ3v) is 5.58. The van der Waals surface area contributed by atoms with E-state index in [9.17, 15) is 0 Å². The van der Waals surface area contributed by atoms with E-state index >= 15 is 0 Å². The lowest BCUT2D eigenvalue weighted by atomic mass is 10.2. The number of nitrogens with one attached hydrogen (secondary N) is 1. The number of thiophene rings is 1. The summed E-state index contributed by atoms with van der Waals surface area (Å²) < 4.78 is 7.49. The van der Waals surface area contributed by atoms with Crippen molar-refractivity contribution in [2.24, 2.45) is 7.05 Å². The second-order valence-corrected chi connectivity index (χ2v) is 7.48. The van der Waals surface area contributed by atoms with E-state index in [0.29, 0.717) is 6.04 Å². The van der Waals surface area contributed by atoms with Gasteiger partial charge in [-0.05, 0) is 32.9 Å². The minimum Gasteiger partial charge on any atom is -0.378 e. The highest BCUT2D eigenvalue weighted by molar-refractivity contribution is 7.12. The number of rotatable bonds is 5. The second kappa shape index (κ2) is 7.03. The molecule has 0 aromatic carbocycles. The molecule has 5 nitrogen and oxygen atoms in total. The summed E-state index contributed by atoms with van der Waals surface area (Å²) in [5, 5.41) is 8.30. The standard InChI is InChI=1S/C17H26N4OS/c1-12-5-6-16(23-12)14(3)18-11-15-13(2)19-20(4)17(15)21-7-9-22-10-8-21/h5-6,14,18H,7-11H2,1-4H3. The second-order valence-electron chi connectivity index (χ2n) is 6.16. The summed E-state index contributed by atoms with van der Waals surface area (Å²) in [7, 11) is 2.04. The number of nitrogens with zero attached hydrogens (tertiary/aromatic N) is 3. The first kappa shape index (κ1) is 16.5. The van der Waals surface area contributed by atoms with Crippen LogP contribution in [0.4, 0.5) is 5.82 Å². The molecule has 0 spiro atoms. The molecule has 3 heterocycles. The maximum Gasteiger partial charge on any atom is 0.131 e. The van der Waals surface area contributed by atoms with Crippen LogP contribution in [0.25, 0.3) is 0 Å². The van der Waals surface area contributed by atoms with Crippen LogP contribution >= 0.6 is 11.3 Å². The average molecular weight is 334 g/mol. The number of aryl methyl sites for hydroxylation is 3. The van der Waals surface area contributed by atoms with Gasteiger partial charge in [0.05, 0.1) is 18.9 Å². The quantitative estimate of drug-likeness (QED) is 0.913. The highest BCUT2D eigenvalue weighted by Crippen LogP contribution is 2.26. The van der Waals surface area contributed by atoms with Gasteiger partial charge >= 0.3 is 0 Å². The first-order valence-corrected chi connectivity index (χ1v) is 9.03. The number of hydrogen-bond donors (Lipinski definition) is 1. The molecule has 0 bridgehead atoms. The number of anilines is 1. The van der Waals surface area contributed by atoms with E-state index in [1.54, 1.807) is 0 Å². The van der Waals surface area contributed by atoms with Crippen LogP contribution in [-0.2, 0) is 18.3 Å². The van der Waals surface area contributed by atoms with Crippen LogP contribution in [0, 0.1) is 13.8 Å². The summed E-state index contributed by atoms with van der Waals surface area (Å²) in [6.45, 7) is 10.8. The van der Waals surface area contributed by atoms with Crippen LogP contribution in [-0.4, -0.2) is 36.1 Å². The normalized spacial score (nSPS) is 16.8. The Bertz CT molecular complexity index is 658. The Morgan fingerprint density at radius 2 is 2.04 bits per heavy atom. The number of aromatic nitrogens is 2. The summed E-state index contributed by atoms with van der Waals surface area (Å²) in [4.78, 5) is 5.14. The van der Waals surface area contributed by atoms with Crippen molar-refractivity contribution in [1.82, 2.24) is 15.1 Å². The molecule has 0 radical (unpaired) electrons. The Morgan fingerprint density at radius 1 is 1.30 bits per heavy atom. The Labute approximate surface area is 142 Å². The maximum absolute atomic E-state index is 5.48. The highest BCUT2D eigenvalue weighted by Gasteiger charge is 2.21. The zero-order valence-electron chi connectivity index (χ0n) is 14.4. The lowest BCUT2D eigenvalue weighted by Crippen LogP contribution is -2.38. The molecule has 1 atom stereocenters. The molecule has 126 valence electrons. The molecule has 1 aliphatic rings. The van der Waals surface area contributed by atoms with Crippen molar-refractivity contribution in [3.63, 3.8) is 0 Å². The van der Waals surface area contributed by atoms with Gasteiger partial charge in [-0.15, -0.1) is 11.3 Å². The molecule has 0 saturated carbocycles. The molecule has 1 aliphatic heterocycles. The lowest BCUT2D eigenvalue weighted by Gasteiger charge is -2.29. The molecule has 2 aromatic rings. The third-order valence-electron chi connectivity index (χ3n) is 4.40. The van der Waals surface area contributed by atoms with E-state index in [1.807, 2.05) is 23.1 Å². The van der Waals surface area contributed by atoms with Crippen molar-refractivity contribution < 1.29 is 4.74 Å². The number of hydrogen-bond acceptors (Lipinski definition) is 5. The molecule has 0 amide bonds. The summed E-state index contributed by atoms with van der Waals surface area (Å²) in [5.74, 6) is 1.23. The monoisotopic (exact) mass is 334 g/mol. The van der Waals surface area contributed by atoms with Crippen molar-refractivity contribution in [2.75, 3.05) is 31.2 Å². The topological polar surface area (TPSA) is 42.3 Å². The molecular formula is C17H26N4OS. The Morgan fingerprint density at radius 3 is 2.70 bits per heavy atom. The summed E-state index contributed by atoms with van der Waals surface area (Å²) in [6, 6.07) is 4.76. The largest absolute Gasteiger partial charge is 0.378 e. The van der Waals surface area contributed by atoms with E-state index in [-0.39, 0.29) is 0 Å². The molecule has 1 N–H and O–H groups in total. The van der Waals surface area contributed by atoms with Gasteiger partial charge in [-0.3, -0.25) is 4.68 Å². The number of ether oxygens (including phenoxy) is 1. The van der Waals surface area contributed by atoms with Crippen LogP contribution in [0.1, 0.15) is 34.0 Å². The number of morpholine rings is 1. The van der Waals surface area contributed by atoms with Gasteiger partial charge < -0.3 is 15.0 Å². The van der Waals surface area contributed by atoms with Crippen molar-refractivity contribution in [3.05, 3.63) is 33.1 Å². The molecule has 2 aromatic heterocycles. The Hall–Kier alpha value is -1.37. The predicted octanol–water partition coefficient (Wildman–Crippen LogP) is 2.79. The van der Waals surface area contributed by atoms with Crippen LogP contribution in [0.15, 0.2) is 12.1 Å². The van der Waals surface area contributed by atoms with E-state index < -0.39 is 0 Å². The van der Waals surface area contributed by atoms with E-state index in [2.05, 4.69) is 48.2 Å². The molecule has 3 rings (SSSR count). The van der Waals surface area contributed by atoms with Crippen LogP contribution < -0.4 is 10.2 Å². The summed E-state index contributed by atoms with van der Waals surface area (Å²) >= 11 is 1.86. The molecule has 6 heteroatoms. The maximum atomic E-state index is 5.48. The van der Waals surface area contributed by atoms with Crippen molar-refractivity contribution in [3.8, 4) is 0 Å². The molecule has 0 aliphatic carbocycles. The first-order valence-electron chi connectivity index (χ1n) is 8.21. The van der Waals surface area contributed by atoms with Gasteiger partial charge in [-0.1, -0.05) is 0 Å². The molecule has 1 fully saturated rings. The lowest BCUT2D eigenvalue weighted by molar-refractivity contribution is 0.122. The van der Waals surface area contributed by atoms with Crippen LogP contribution in [0.5, 0.6) is 0 Å². The van der Waals surface area contributed by atoms with Gasteiger partial charge in [-0.2, -0.15) is 5.10 Å². The average Bonchev–Trinajstić information content (AvgIpc) is 3.09. The molecular weight excluding hydrogens is 308 g/mol. The van der Waals surface area contributed by atoms with Gasteiger partial charge in [0.1, 0.15) is 5.82 Å². The Kier molecular flexibility index (Phi) is 5.04. The SMILES string of the molecule is Cc1ccc(C(C)NCc2c(C)nn(C)c2N2CCOCC2)s1. The van der Waals surface area contributed by atoms with Crippen molar-refractivity contribution >= 4 is 17.2 Å². The van der Waals surface area contributed by atoms with E-state index in [4.69, 9.17) is 4.74 Å². The van der Waals surface area contributed by atoms with Gasteiger partial charge in [0.2, 0.25) is 0 Å². The smallest absolute Gasteiger partial charge is 0.131 e. The van der Waals surface area contributed by atoms with Crippen LogP contribution in [0.3, 0.4) is 0 Å². The fourth-order valence-electron chi connectivity index (χ4n) is 3.11. The molecule has 23 heavy (non-hydrogen) atoms. The zero-order valence-corrected chi connectivity index (χ0v) is 15.2. The fraction of sp³-hybridized carbons (Fsp3) is 0.588. The first-order chi connectivity index (χ1) is 11.1. The Balaban J connectivity index is 1.74. The van der Waals surface area contributed by atoms with Crippen molar-refractivity contribution in [1.29, 1.82) is 0 Å². The van der Waals surface area contributed by atoms with Crippen LogP contribution in [0.2, 0.25) is 0 Å². The minimum absolute atomic E-state index is 0.353. The van der Waals surface area contributed by atoms with Gasteiger partial charge in [-0.25, -0.2) is 0 Å². The van der Waals surface area contributed by atoms with E-state index in [0.717, 1.165) is 38.5 Å².